The minimum Gasteiger partial charge on any atom is -0.502 e. The van der Waals surface area contributed by atoms with E-state index in [4.69, 9.17) is 23.8 Å². The van der Waals surface area contributed by atoms with E-state index in [0.29, 0.717) is 0 Å². The number of nitro groups is 1. The van der Waals surface area contributed by atoms with Crippen molar-refractivity contribution in [2.24, 2.45) is 5.10 Å². The fourth-order valence-electron chi connectivity index (χ4n) is 1.72. The third-order valence-electron chi connectivity index (χ3n) is 2.77. The number of nitrogens with one attached hydrogen (secondary N) is 2. The maximum atomic E-state index is 13.5. The van der Waals surface area contributed by atoms with Crippen LogP contribution in [-0.2, 0) is 0 Å². The highest BCUT2D eigenvalue weighted by Gasteiger charge is 2.17. The molecule has 2 aromatic carbocycles. The molecule has 0 amide bonds. The fourth-order valence-corrected chi connectivity index (χ4v) is 2.10. The van der Waals surface area contributed by atoms with E-state index in [1.165, 1.54) is 24.3 Å². The van der Waals surface area contributed by atoms with E-state index in [1.807, 2.05) is 0 Å². The molecular formula is C14H10ClFN4O3S. The van der Waals surface area contributed by atoms with Crippen LogP contribution in [0.15, 0.2) is 41.5 Å². The molecule has 0 aliphatic rings. The lowest BCUT2D eigenvalue weighted by atomic mass is 10.2. The maximum absolute atomic E-state index is 13.5. The number of benzene rings is 2. The van der Waals surface area contributed by atoms with Crippen LogP contribution < -0.4 is 10.7 Å². The first-order valence-corrected chi connectivity index (χ1v) is 7.18. The molecule has 124 valence electrons. The summed E-state index contributed by atoms with van der Waals surface area (Å²) in [7, 11) is 0. The van der Waals surface area contributed by atoms with E-state index < -0.39 is 22.2 Å². The molecule has 0 heterocycles. The Labute approximate surface area is 145 Å². The van der Waals surface area contributed by atoms with Crippen molar-refractivity contribution in [3.63, 3.8) is 0 Å². The number of phenolic OH excluding ortho intramolecular Hbond substituents is 1. The molecule has 0 bridgehead atoms. The van der Waals surface area contributed by atoms with E-state index >= 15 is 0 Å². The summed E-state index contributed by atoms with van der Waals surface area (Å²) in [6.45, 7) is 0. The van der Waals surface area contributed by atoms with Crippen molar-refractivity contribution in [2.45, 2.75) is 0 Å². The van der Waals surface area contributed by atoms with Crippen LogP contribution in [0.5, 0.6) is 5.75 Å². The van der Waals surface area contributed by atoms with E-state index in [9.17, 15) is 19.6 Å². The van der Waals surface area contributed by atoms with Crippen LogP contribution in [0.2, 0.25) is 5.02 Å². The highest BCUT2D eigenvalue weighted by Crippen LogP contribution is 2.32. The van der Waals surface area contributed by atoms with Gasteiger partial charge in [-0.2, -0.15) is 5.10 Å². The number of thiocarbonyl (C=S) groups is 1. The van der Waals surface area contributed by atoms with E-state index in [1.54, 1.807) is 6.07 Å². The topological polar surface area (TPSA) is 99.8 Å². The van der Waals surface area contributed by atoms with Crippen molar-refractivity contribution in [1.29, 1.82) is 0 Å². The smallest absolute Gasteiger partial charge is 0.312 e. The van der Waals surface area contributed by atoms with Gasteiger partial charge in [0.15, 0.2) is 5.11 Å². The number of rotatable bonds is 4. The van der Waals surface area contributed by atoms with Crippen molar-refractivity contribution in [3.05, 3.63) is 62.9 Å². The highest BCUT2D eigenvalue weighted by molar-refractivity contribution is 7.80. The lowest BCUT2D eigenvalue weighted by Crippen LogP contribution is -2.24. The molecule has 0 unspecified atom stereocenters. The van der Waals surface area contributed by atoms with Gasteiger partial charge in [-0.15, -0.1) is 0 Å². The van der Waals surface area contributed by atoms with Crippen LogP contribution in [0.4, 0.5) is 15.8 Å². The quantitative estimate of drug-likeness (QED) is 0.331. The van der Waals surface area contributed by atoms with Gasteiger partial charge >= 0.3 is 5.69 Å². The SMILES string of the molecule is O=[N+]([O-])c1cc(Cl)cc(/C=N\NC(=S)Nc2ccccc2F)c1O. The lowest BCUT2D eigenvalue weighted by molar-refractivity contribution is -0.385. The molecule has 2 rings (SSSR count). The summed E-state index contributed by atoms with van der Waals surface area (Å²) in [6, 6.07) is 8.22. The van der Waals surface area contributed by atoms with Gasteiger partial charge in [-0.05, 0) is 30.4 Å². The van der Waals surface area contributed by atoms with Crippen molar-refractivity contribution in [1.82, 2.24) is 5.43 Å². The van der Waals surface area contributed by atoms with E-state index in [-0.39, 0.29) is 21.4 Å². The van der Waals surface area contributed by atoms with Crippen molar-refractivity contribution in [3.8, 4) is 5.75 Å². The molecule has 10 heteroatoms. The second kappa shape index (κ2) is 7.66. The number of hydrazone groups is 1. The zero-order valence-corrected chi connectivity index (χ0v) is 13.4. The van der Waals surface area contributed by atoms with Crippen molar-refractivity contribution in [2.75, 3.05) is 5.32 Å². The van der Waals surface area contributed by atoms with Crippen molar-refractivity contribution < 1.29 is 14.4 Å². The number of nitrogens with zero attached hydrogens (tertiary/aromatic N) is 2. The maximum Gasteiger partial charge on any atom is 0.312 e. The molecule has 0 fully saturated rings. The standard InChI is InChI=1S/C14H10ClFN4O3S/c15-9-5-8(13(21)12(6-9)20(22)23)7-17-19-14(24)18-11-4-2-1-3-10(11)16/h1-7,21H,(H2,18,19,24)/b17-7-. The van der Waals surface area contributed by atoms with Gasteiger partial charge in [0.1, 0.15) is 5.82 Å². The Morgan fingerprint density at radius 1 is 1.42 bits per heavy atom. The first-order chi connectivity index (χ1) is 11.4. The predicted octanol–water partition coefficient (Wildman–Crippen LogP) is 3.41. The van der Waals surface area contributed by atoms with Gasteiger partial charge in [0.2, 0.25) is 5.75 Å². The summed E-state index contributed by atoms with van der Waals surface area (Å²) in [4.78, 5) is 10.0. The first-order valence-electron chi connectivity index (χ1n) is 6.40. The Morgan fingerprint density at radius 2 is 2.12 bits per heavy atom. The average Bonchev–Trinajstić information content (AvgIpc) is 2.52. The number of aromatic hydroxyl groups is 1. The van der Waals surface area contributed by atoms with Crippen LogP contribution in [0, 0.1) is 15.9 Å². The number of phenols is 1. The number of hydrogen-bond donors (Lipinski definition) is 3. The van der Waals surface area contributed by atoms with Gasteiger partial charge in [0.05, 0.1) is 16.8 Å². The minimum atomic E-state index is -0.768. The zero-order chi connectivity index (χ0) is 17.7. The molecule has 24 heavy (non-hydrogen) atoms. The molecule has 0 saturated carbocycles. The van der Waals surface area contributed by atoms with Crippen LogP contribution in [0.3, 0.4) is 0 Å². The van der Waals surface area contributed by atoms with E-state index in [0.717, 1.165) is 12.3 Å². The average molecular weight is 369 g/mol. The predicted molar refractivity (Wildman–Crippen MR) is 93.1 cm³/mol. The Kier molecular flexibility index (Phi) is 5.61. The minimum absolute atomic E-state index is 0.00707. The summed E-state index contributed by atoms with van der Waals surface area (Å²) in [5, 5.41) is 27.0. The molecular weight excluding hydrogens is 359 g/mol. The zero-order valence-electron chi connectivity index (χ0n) is 11.9. The summed E-state index contributed by atoms with van der Waals surface area (Å²) in [5.41, 5.74) is 2.04. The fraction of sp³-hybridized carbons (Fsp3) is 0. The first kappa shape index (κ1) is 17.6. The summed E-state index contributed by atoms with van der Waals surface area (Å²) in [5.74, 6) is -1.07. The van der Waals surface area contributed by atoms with Crippen LogP contribution in [0.25, 0.3) is 0 Å². The second-order valence-corrected chi connectivity index (χ2v) is 5.27. The number of anilines is 1. The van der Waals surface area contributed by atoms with Gasteiger partial charge in [0, 0.05) is 16.7 Å². The van der Waals surface area contributed by atoms with Gasteiger partial charge in [0.25, 0.3) is 0 Å². The van der Waals surface area contributed by atoms with Crippen molar-refractivity contribution >= 4 is 46.5 Å². The molecule has 0 aliphatic heterocycles. The number of nitro benzene ring substituents is 1. The van der Waals surface area contributed by atoms with Gasteiger partial charge in [-0.3, -0.25) is 15.5 Å². The third-order valence-corrected chi connectivity index (χ3v) is 3.18. The Morgan fingerprint density at radius 3 is 2.79 bits per heavy atom. The molecule has 0 radical (unpaired) electrons. The second-order valence-electron chi connectivity index (χ2n) is 4.42. The normalized spacial score (nSPS) is 10.6. The Bertz CT molecular complexity index is 832. The van der Waals surface area contributed by atoms with Crippen LogP contribution in [-0.4, -0.2) is 21.4 Å². The number of para-hydroxylation sites is 1. The lowest BCUT2D eigenvalue weighted by Gasteiger charge is -2.07. The molecule has 0 saturated heterocycles. The summed E-state index contributed by atoms with van der Waals surface area (Å²) >= 11 is 10.7. The Balaban J connectivity index is 2.08. The number of hydrogen-bond acceptors (Lipinski definition) is 5. The largest absolute Gasteiger partial charge is 0.502 e. The summed E-state index contributed by atoms with van der Waals surface area (Å²) < 4.78 is 13.5. The monoisotopic (exact) mass is 368 g/mol. The highest BCUT2D eigenvalue weighted by atomic mass is 35.5. The van der Waals surface area contributed by atoms with Crippen LogP contribution in [0.1, 0.15) is 5.56 Å². The van der Waals surface area contributed by atoms with E-state index in [2.05, 4.69) is 15.8 Å². The Hall–Kier alpha value is -2.78. The molecule has 3 N–H and O–H groups in total. The molecule has 2 aromatic rings. The summed E-state index contributed by atoms with van der Waals surface area (Å²) in [6.07, 6.45) is 1.10. The van der Waals surface area contributed by atoms with Gasteiger partial charge in [-0.25, -0.2) is 4.39 Å². The van der Waals surface area contributed by atoms with Gasteiger partial charge < -0.3 is 10.4 Å². The molecule has 0 atom stereocenters. The molecule has 0 spiro atoms. The van der Waals surface area contributed by atoms with Crippen LogP contribution >= 0.6 is 23.8 Å². The number of halogens is 2. The molecule has 0 aliphatic carbocycles. The molecule has 0 aromatic heterocycles. The third kappa shape index (κ3) is 4.37. The van der Waals surface area contributed by atoms with Gasteiger partial charge in [-0.1, -0.05) is 23.7 Å². The molecule has 7 nitrogen and oxygen atoms in total.